The molecule has 0 bridgehead atoms. The number of halogens is 1. The second-order valence-corrected chi connectivity index (χ2v) is 4.83. The van der Waals surface area contributed by atoms with Gasteiger partial charge in [-0.15, -0.1) is 0 Å². The van der Waals surface area contributed by atoms with Crippen molar-refractivity contribution in [2.75, 3.05) is 6.61 Å². The summed E-state index contributed by atoms with van der Waals surface area (Å²) >= 11 is 5.85. The number of aliphatic hydroxyl groups is 1. The highest BCUT2D eigenvalue weighted by Gasteiger charge is 2.12. The van der Waals surface area contributed by atoms with E-state index in [2.05, 4.69) is 26.0 Å². The van der Waals surface area contributed by atoms with Crippen molar-refractivity contribution < 1.29 is 5.11 Å². The van der Waals surface area contributed by atoms with Crippen LogP contribution >= 0.6 is 11.6 Å². The Labute approximate surface area is 97.1 Å². The normalized spacial score (nSPS) is 13.1. The summed E-state index contributed by atoms with van der Waals surface area (Å²) in [5.74, 6) is 1.10. The van der Waals surface area contributed by atoms with Gasteiger partial charge >= 0.3 is 0 Å². The Kier molecular flexibility index (Phi) is 5.13. The summed E-state index contributed by atoms with van der Waals surface area (Å²) in [6.07, 6.45) is 1.95. The number of aliphatic hydroxyl groups excluding tert-OH is 1. The highest BCUT2D eigenvalue weighted by Crippen LogP contribution is 2.27. The van der Waals surface area contributed by atoms with Gasteiger partial charge < -0.3 is 5.11 Å². The standard InChI is InChI=1S/C13H19ClO/c1-10(2)9-12(7-8-15)11-3-5-13(14)6-4-11/h3-6,10,12,15H,7-9H2,1-2H3. The zero-order chi connectivity index (χ0) is 11.3. The van der Waals surface area contributed by atoms with Crippen LogP contribution in [0.2, 0.25) is 5.02 Å². The molecule has 0 radical (unpaired) electrons. The van der Waals surface area contributed by atoms with Gasteiger partial charge in [0.1, 0.15) is 0 Å². The van der Waals surface area contributed by atoms with E-state index in [1.807, 2.05) is 12.1 Å². The molecule has 0 aliphatic heterocycles. The van der Waals surface area contributed by atoms with Gasteiger partial charge in [-0.25, -0.2) is 0 Å². The first-order valence-electron chi connectivity index (χ1n) is 5.49. The van der Waals surface area contributed by atoms with Crippen LogP contribution in [0.3, 0.4) is 0 Å². The molecule has 1 atom stereocenters. The first-order valence-corrected chi connectivity index (χ1v) is 5.87. The summed E-state index contributed by atoms with van der Waals surface area (Å²) in [6, 6.07) is 7.96. The quantitative estimate of drug-likeness (QED) is 0.809. The van der Waals surface area contributed by atoms with Crippen LogP contribution in [0.15, 0.2) is 24.3 Å². The molecule has 15 heavy (non-hydrogen) atoms. The molecule has 0 fully saturated rings. The lowest BCUT2D eigenvalue weighted by molar-refractivity contribution is 0.267. The van der Waals surface area contributed by atoms with Gasteiger partial charge in [0.05, 0.1) is 0 Å². The van der Waals surface area contributed by atoms with Crippen LogP contribution in [0, 0.1) is 5.92 Å². The maximum absolute atomic E-state index is 9.04. The van der Waals surface area contributed by atoms with Crippen molar-refractivity contribution in [2.24, 2.45) is 5.92 Å². The minimum atomic E-state index is 0.250. The first kappa shape index (κ1) is 12.5. The zero-order valence-electron chi connectivity index (χ0n) is 9.41. The number of benzene rings is 1. The molecule has 1 unspecified atom stereocenters. The molecule has 0 saturated heterocycles. The SMILES string of the molecule is CC(C)CC(CCO)c1ccc(Cl)cc1. The van der Waals surface area contributed by atoms with Crippen LogP contribution in [-0.4, -0.2) is 11.7 Å². The molecular formula is C13H19ClO. The van der Waals surface area contributed by atoms with Gasteiger partial charge in [0, 0.05) is 11.6 Å². The van der Waals surface area contributed by atoms with Gasteiger partial charge in [0.15, 0.2) is 0 Å². The molecular weight excluding hydrogens is 208 g/mol. The fourth-order valence-electron chi connectivity index (χ4n) is 1.88. The van der Waals surface area contributed by atoms with Crippen LogP contribution < -0.4 is 0 Å². The molecule has 0 heterocycles. The average molecular weight is 227 g/mol. The van der Waals surface area contributed by atoms with Gasteiger partial charge in [-0.1, -0.05) is 37.6 Å². The molecule has 1 N–H and O–H groups in total. The third-order valence-electron chi connectivity index (χ3n) is 2.57. The van der Waals surface area contributed by atoms with Gasteiger partial charge in [0.2, 0.25) is 0 Å². The van der Waals surface area contributed by atoms with E-state index >= 15 is 0 Å². The molecule has 0 aromatic heterocycles. The predicted molar refractivity (Wildman–Crippen MR) is 65.4 cm³/mol. The topological polar surface area (TPSA) is 20.2 Å². The molecule has 1 rings (SSSR count). The van der Waals surface area contributed by atoms with Crippen LogP contribution in [0.25, 0.3) is 0 Å². The van der Waals surface area contributed by atoms with E-state index in [-0.39, 0.29) is 6.61 Å². The summed E-state index contributed by atoms with van der Waals surface area (Å²) in [5.41, 5.74) is 1.28. The van der Waals surface area contributed by atoms with E-state index in [1.165, 1.54) is 5.56 Å². The van der Waals surface area contributed by atoms with Crippen molar-refractivity contribution in [3.63, 3.8) is 0 Å². The van der Waals surface area contributed by atoms with E-state index in [1.54, 1.807) is 0 Å². The molecule has 1 aromatic rings. The van der Waals surface area contributed by atoms with Crippen LogP contribution in [0.5, 0.6) is 0 Å². The average Bonchev–Trinajstić information content (AvgIpc) is 2.17. The molecule has 1 aromatic carbocycles. The fourth-order valence-corrected chi connectivity index (χ4v) is 2.01. The van der Waals surface area contributed by atoms with Crippen LogP contribution in [0.1, 0.15) is 38.2 Å². The fraction of sp³-hybridized carbons (Fsp3) is 0.538. The molecule has 2 heteroatoms. The van der Waals surface area contributed by atoms with Gasteiger partial charge in [0.25, 0.3) is 0 Å². The Hall–Kier alpha value is -0.530. The lowest BCUT2D eigenvalue weighted by Crippen LogP contribution is -2.05. The minimum absolute atomic E-state index is 0.250. The number of rotatable bonds is 5. The van der Waals surface area contributed by atoms with E-state index in [0.717, 1.165) is 17.9 Å². The van der Waals surface area contributed by atoms with Gasteiger partial charge in [-0.2, -0.15) is 0 Å². The zero-order valence-corrected chi connectivity index (χ0v) is 10.2. The highest BCUT2D eigenvalue weighted by atomic mass is 35.5. The second kappa shape index (κ2) is 6.14. The molecule has 0 aliphatic carbocycles. The van der Waals surface area contributed by atoms with E-state index in [0.29, 0.717) is 11.8 Å². The Morgan fingerprint density at radius 3 is 2.27 bits per heavy atom. The van der Waals surface area contributed by atoms with Crippen LogP contribution in [-0.2, 0) is 0 Å². The lowest BCUT2D eigenvalue weighted by atomic mass is 9.88. The van der Waals surface area contributed by atoms with Crippen molar-refractivity contribution in [2.45, 2.75) is 32.6 Å². The number of hydrogen-bond acceptors (Lipinski definition) is 1. The Balaban J connectivity index is 2.74. The summed E-state index contributed by atoms with van der Waals surface area (Å²) < 4.78 is 0. The molecule has 1 nitrogen and oxygen atoms in total. The van der Waals surface area contributed by atoms with Crippen molar-refractivity contribution >= 4 is 11.6 Å². The monoisotopic (exact) mass is 226 g/mol. The largest absolute Gasteiger partial charge is 0.396 e. The highest BCUT2D eigenvalue weighted by molar-refractivity contribution is 6.30. The molecule has 0 saturated carbocycles. The van der Waals surface area contributed by atoms with Crippen molar-refractivity contribution in [3.8, 4) is 0 Å². The number of hydrogen-bond donors (Lipinski definition) is 1. The smallest absolute Gasteiger partial charge is 0.0436 e. The lowest BCUT2D eigenvalue weighted by Gasteiger charge is -2.18. The molecule has 84 valence electrons. The van der Waals surface area contributed by atoms with E-state index < -0.39 is 0 Å². The maximum Gasteiger partial charge on any atom is 0.0436 e. The predicted octanol–water partition coefficient (Wildman–Crippen LogP) is 3.85. The Morgan fingerprint density at radius 2 is 1.80 bits per heavy atom. The Bertz CT molecular complexity index is 279. The summed E-state index contributed by atoms with van der Waals surface area (Å²) in [5, 5.41) is 9.81. The molecule has 0 amide bonds. The molecule has 0 aliphatic rings. The van der Waals surface area contributed by atoms with Crippen LogP contribution in [0.4, 0.5) is 0 Å². The maximum atomic E-state index is 9.04. The third-order valence-corrected chi connectivity index (χ3v) is 2.83. The summed E-state index contributed by atoms with van der Waals surface area (Å²) in [7, 11) is 0. The Morgan fingerprint density at radius 1 is 1.20 bits per heavy atom. The van der Waals surface area contributed by atoms with E-state index in [9.17, 15) is 0 Å². The van der Waals surface area contributed by atoms with Gasteiger partial charge in [-0.05, 0) is 42.4 Å². The van der Waals surface area contributed by atoms with E-state index in [4.69, 9.17) is 16.7 Å². The molecule has 0 spiro atoms. The summed E-state index contributed by atoms with van der Waals surface area (Å²) in [6.45, 7) is 4.67. The second-order valence-electron chi connectivity index (χ2n) is 4.39. The first-order chi connectivity index (χ1) is 7.13. The summed E-state index contributed by atoms with van der Waals surface area (Å²) in [4.78, 5) is 0. The van der Waals surface area contributed by atoms with Crippen molar-refractivity contribution in [1.29, 1.82) is 0 Å². The van der Waals surface area contributed by atoms with Gasteiger partial charge in [-0.3, -0.25) is 0 Å². The third kappa shape index (κ3) is 4.23. The van der Waals surface area contributed by atoms with Crippen molar-refractivity contribution in [1.82, 2.24) is 0 Å². The minimum Gasteiger partial charge on any atom is -0.396 e. The van der Waals surface area contributed by atoms with Crippen molar-refractivity contribution in [3.05, 3.63) is 34.9 Å².